The van der Waals surface area contributed by atoms with Crippen molar-refractivity contribution in [1.82, 2.24) is 0 Å². The molecule has 76 valence electrons. The Morgan fingerprint density at radius 1 is 1.07 bits per heavy atom. The molecule has 1 aromatic carbocycles. The first-order chi connectivity index (χ1) is 6.55. The standard InChI is InChI=1S/C10H9F3S/c11-10(12,13)7-1-3-8(4-2-7)14-9-5-6-9/h1-4,9H,5-6H2. The second-order valence-corrected chi connectivity index (χ2v) is 4.71. The van der Waals surface area contributed by atoms with Gasteiger partial charge in [0.1, 0.15) is 0 Å². The normalized spacial score (nSPS) is 17.1. The second kappa shape index (κ2) is 3.50. The third-order valence-corrected chi connectivity index (χ3v) is 3.36. The Balaban J connectivity index is 2.08. The van der Waals surface area contributed by atoms with Crippen LogP contribution in [0.15, 0.2) is 29.2 Å². The highest BCUT2D eigenvalue weighted by molar-refractivity contribution is 8.00. The Hall–Kier alpha value is -0.640. The van der Waals surface area contributed by atoms with Crippen molar-refractivity contribution in [2.24, 2.45) is 0 Å². The Bertz CT molecular complexity index is 311. The van der Waals surface area contributed by atoms with E-state index in [1.807, 2.05) is 0 Å². The van der Waals surface area contributed by atoms with Gasteiger partial charge in [-0.15, -0.1) is 11.8 Å². The minimum Gasteiger partial charge on any atom is -0.166 e. The molecule has 14 heavy (non-hydrogen) atoms. The molecule has 2 rings (SSSR count). The number of hydrogen-bond acceptors (Lipinski definition) is 1. The van der Waals surface area contributed by atoms with E-state index >= 15 is 0 Å². The highest BCUT2D eigenvalue weighted by Gasteiger charge is 2.30. The van der Waals surface area contributed by atoms with E-state index in [0.717, 1.165) is 17.0 Å². The Kier molecular flexibility index (Phi) is 2.47. The molecule has 1 aliphatic carbocycles. The van der Waals surface area contributed by atoms with E-state index in [9.17, 15) is 13.2 Å². The zero-order chi connectivity index (χ0) is 10.2. The molecule has 0 aromatic heterocycles. The molecular weight excluding hydrogens is 209 g/mol. The summed E-state index contributed by atoms with van der Waals surface area (Å²) in [6, 6.07) is 5.38. The van der Waals surface area contributed by atoms with Crippen molar-refractivity contribution in [1.29, 1.82) is 0 Å². The molecular formula is C10H9F3S. The molecule has 0 saturated heterocycles. The van der Waals surface area contributed by atoms with Crippen LogP contribution in [0, 0.1) is 0 Å². The molecule has 1 saturated carbocycles. The molecule has 1 fully saturated rings. The van der Waals surface area contributed by atoms with Crippen LogP contribution in [0.3, 0.4) is 0 Å². The van der Waals surface area contributed by atoms with Crippen molar-refractivity contribution in [2.45, 2.75) is 29.2 Å². The zero-order valence-electron chi connectivity index (χ0n) is 7.34. The molecule has 1 aliphatic rings. The SMILES string of the molecule is FC(F)(F)c1ccc(SC2CC2)cc1. The summed E-state index contributed by atoms with van der Waals surface area (Å²) in [5, 5.41) is 0.631. The molecule has 0 aliphatic heterocycles. The van der Waals surface area contributed by atoms with E-state index < -0.39 is 11.7 Å². The van der Waals surface area contributed by atoms with E-state index in [-0.39, 0.29) is 0 Å². The number of rotatable bonds is 2. The maximum Gasteiger partial charge on any atom is 0.416 e. The first-order valence-electron chi connectivity index (χ1n) is 4.39. The molecule has 1 aromatic rings. The molecule has 0 heterocycles. The number of thioether (sulfide) groups is 1. The van der Waals surface area contributed by atoms with Gasteiger partial charge in [0.2, 0.25) is 0 Å². The van der Waals surface area contributed by atoms with E-state index in [4.69, 9.17) is 0 Å². The van der Waals surface area contributed by atoms with Gasteiger partial charge in [-0.3, -0.25) is 0 Å². The summed E-state index contributed by atoms with van der Waals surface area (Å²) < 4.78 is 36.6. The van der Waals surface area contributed by atoms with Crippen molar-refractivity contribution in [3.8, 4) is 0 Å². The van der Waals surface area contributed by atoms with Gasteiger partial charge < -0.3 is 0 Å². The fourth-order valence-corrected chi connectivity index (χ4v) is 2.15. The van der Waals surface area contributed by atoms with Gasteiger partial charge >= 0.3 is 6.18 Å². The molecule has 0 N–H and O–H groups in total. The third kappa shape index (κ3) is 2.44. The van der Waals surface area contributed by atoms with Crippen LogP contribution >= 0.6 is 11.8 Å². The lowest BCUT2D eigenvalue weighted by Crippen LogP contribution is -2.03. The van der Waals surface area contributed by atoms with Crippen LogP contribution in [-0.2, 0) is 6.18 Å². The van der Waals surface area contributed by atoms with Crippen molar-refractivity contribution < 1.29 is 13.2 Å². The fourth-order valence-electron chi connectivity index (χ4n) is 1.10. The fraction of sp³-hybridized carbons (Fsp3) is 0.400. The Labute approximate surface area is 84.5 Å². The molecule has 0 spiro atoms. The summed E-state index contributed by atoms with van der Waals surface area (Å²) in [5.41, 5.74) is -0.572. The second-order valence-electron chi connectivity index (χ2n) is 3.34. The van der Waals surface area contributed by atoms with Crippen LogP contribution in [0.4, 0.5) is 13.2 Å². The zero-order valence-corrected chi connectivity index (χ0v) is 8.16. The van der Waals surface area contributed by atoms with Crippen LogP contribution in [0.1, 0.15) is 18.4 Å². The van der Waals surface area contributed by atoms with Gasteiger partial charge in [-0.2, -0.15) is 13.2 Å². The van der Waals surface area contributed by atoms with Crippen molar-refractivity contribution in [3.05, 3.63) is 29.8 Å². The molecule has 0 unspecified atom stereocenters. The predicted octanol–water partition coefficient (Wildman–Crippen LogP) is 3.96. The number of hydrogen-bond donors (Lipinski definition) is 0. The predicted molar refractivity (Wildman–Crippen MR) is 50.3 cm³/mol. The smallest absolute Gasteiger partial charge is 0.166 e. The Morgan fingerprint density at radius 3 is 2.07 bits per heavy atom. The van der Waals surface area contributed by atoms with Crippen molar-refractivity contribution >= 4 is 11.8 Å². The van der Waals surface area contributed by atoms with Gasteiger partial charge in [-0.1, -0.05) is 0 Å². The first-order valence-corrected chi connectivity index (χ1v) is 5.27. The summed E-state index contributed by atoms with van der Waals surface area (Å²) in [6.45, 7) is 0. The monoisotopic (exact) mass is 218 g/mol. The lowest BCUT2D eigenvalue weighted by molar-refractivity contribution is -0.137. The summed E-state index contributed by atoms with van der Waals surface area (Å²) >= 11 is 1.66. The van der Waals surface area contributed by atoms with E-state index in [0.29, 0.717) is 5.25 Å². The van der Waals surface area contributed by atoms with Gasteiger partial charge in [0, 0.05) is 10.1 Å². The lowest BCUT2D eigenvalue weighted by Gasteiger charge is -2.06. The van der Waals surface area contributed by atoms with Crippen LogP contribution in [0.2, 0.25) is 0 Å². The highest BCUT2D eigenvalue weighted by atomic mass is 32.2. The maximum absolute atomic E-state index is 12.2. The number of halogens is 3. The Morgan fingerprint density at radius 2 is 1.64 bits per heavy atom. The lowest BCUT2D eigenvalue weighted by atomic mass is 10.2. The number of benzene rings is 1. The molecule has 0 nitrogen and oxygen atoms in total. The number of alkyl halides is 3. The molecule has 0 atom stereocenters. The quantitative estimate of drug-likeness (QED) is 0.724. The average molecular weight is 218 g/mol. The van der Waals surface area contributed by atoms with Crippen molar-refractivity contribution in [2.75, 3.05) is 0 Å². The summed E-state index contributed by atoms with van der Waals surface area (Å²) in [5.74, 6) is 0. The molecule has 0 radical (unpaired) electrons. The minimum absolute atomic E-state index is 0.572. The van der Waals surface area contributed by atoms with Gasteiger partial charge in [-0.05, 0) is 37.1 Å². The molecule has 4 heteroatoms. The van der Waals surface area contributed by atoms with Crippen LogP contribution in [0.5, 0.6) is 0 Å². The van der Waals surface area contributed by atoms with E-state index in [1.165, 1.54) is 12.8 Å². The third-order valence-electron chi connectivity index (χ3n) is 2.01. The van der Waals surface area contributed by atoms with Crippen molar-refractivity contribution in [3.63, 3.8) is 0 Å². The maximum atomic E-state index is 12.2. The topological polar surface area (TPSA) is 0 Å². The molecule has 0 bridgehead atoms. The molecule has 0 amide bonds. The van der Waals surface area contributed by atoms with E-state index in [1.54, 1.807) is 23.9 Å². The van der Waals surface area contributed by atoms with E-state index in [2.05, 4.69) is 0 Å². The van der Waals surface area contributed by atoms with Gasteiger partial charge in [0.05, 0.1) is 5.56 Å². The summed E-state index contributed by atoms with van der Waals surface area (Å²) in [6.07, 6.45) is -1.85. The summed E-state index contributed by atoms with van der Waals surface area (Å²) in [7, 11) is 0. The average Bonchev–Trinajstić information content (AvgIpc) is 2.88. The van der Waals surface area contributed by atoms with Crippen LogP contribution in [0.25, 0.3) is 0 Å². The van der Waals surface area contributed by atoms with Gasteiger partial charge in [0.25, 0.3) is 0 Å². The van der Waals surface area contributed by atoms with Gasteiger partial charge in [0.15, 0.2) is 0 Å². The van der Waals surface area contributed by atoms with Crippen LogP contribution in [-0.4, -0.2) is 5.25 Å². The largest absolute Gasteiger partial charge is 0.416 e. The minimum atomic E-state index is -4.22. The van der Waals surface area contributed by atoms with Gasteiger partial charge in [-0.25, -0.2) is 0 Å². The highest BCUT2D eigenvalue weighted by Crippen LogP contribution is 2.39. The first kappa shape index (κ1) is 9.90. The van der Waals surface area contributed by atoms with Crippen LogP contribution < -0.4 is 0 Å². The summed E-state index contributed by atoms with van der Waals surface area (Å²) in [4.78, 5) is 0.931.